The van der Waals surface area contributed by atoms with Crippen molar-refractivity contribution in [2.75, 3.05) is 20.3 Å². The first kappa shape index (κ1) is 14.3. The minimum absolute atomic E-state index is 0.100. The number of hydrogen-bond acceptors (Lipinski definition) is 4. The van der Waals surface area contributed by atoms with Gasteiger partial charge in [0.15, 0.2) is 0 Å². The van der Waals surface area contributed by atoms with Crippen LogP contribution in [0.15, 0.2) is 0 Å². The molecule has 1 amide bonds. The van der Waals surface area contributed by atoms with Crippen molar-refractivity contribution in [3.8, 4) is 0 Å². The first-order valence-electron chi connectivity index (χ1n) is 5.28. The number of carbonyl (C=O) groups is 1. The molecule has 2 atom stereocenters. The van der Waals surface area contributed by atoms with E-state index < -0.39 is 0 Å². The average molecular weight is 218 g/mol. The van der Waals surface area contributed by atoms with Crippen LogP contribution in [0.2, 0.25) is 0 Å². The van der Waals surface area contributed by atoms with E-state index in [1.165, 1.54) is 7.11 Å². The lowest BCUT2D eigenvalue weighted by Crippen LogP contribution is -2.42. The number of hydrogen-bond donors (Lipinski definition) is 3. The smallest absolute Gasteiger partial charge is 0.221 e. The van der Waals surface area contributed by atoms with Gasteiger partial charge in [-0.3, -0.25) is 4.79 Å². The number of ether oxygens (including phenoxy) is 1. The molecule has 0 spiro atoms. The molecule has 0 fully saturated rings. The normalized spacial score (nSPS) is 14.7. The van der Waals surface area contributed by atoms with Crippen LogP contribution in [0, 0.1) is 0 Å². The number of carbonyl (C=O) groups excluding carboxylic acids is 1. The third-order valence-electron chi connectivity index (χ3n) is 2.06. The summed E-state index contributed by atoms with van der Waals surface area (Å²) < 4.78 is 4.84. The molecule has 5 nitrogen and oxygen atoms in total. The second-order valence-electron chi connectivity index (χ2n) is 3.66. The summed E-state index contributed by atoms with van der Waals surface area (Å²) in [5.74, 6) is -0.132. The van der Waals surface area contributed by atoms with Crippen LogP contribution >= 0.6 is 0 Å². The fourth-order valence-electron chi connectivity index (χ4n) is 1.34. The fourth-order valence-corrected chi connectivity index (χ4v) is 1.34. The van der Waals surface area contributed by atoms with Crippen molar-refractivity contribution in [3.05, 3.63) is 0 Å². The van der Waals surface area contributed by atoms with E-state index in [0.717, 1.165) is 12.8 Å². The Kier molecular flexibility index (Phi) is 8.27. The van der Waals surface area contributed by atoms with Crippen molar-refractivity contribution in [1.29, 1.82) is 0 Å². The summed E-state index contributed by atoms with van der Waals surface area (Å²) >= 11 is 0. The SMILES string of the molecule is CCCC(N)CC(=O)NC(CO)COC. The van der Waals surface area contributed by atoms with Gasteiger partial charge in [-0.15, -0.1) is 0 Å². The molecule has 0 bridgehead atoms. The van der Waals surface area contributed by atoms with E-state index >= 15 is 0 Å². The highest BCUT2D eigenvalue weighted by Crippen LogP contribution is 1.98. The van der Waals surface area contributed by atoms with Gasteiger partial charge in [-0.2, -0.15) is 0 Å². The van der Waals surface area contributed by atoms with Gasteiger partial charge in [-0.05, 0) is 6.42 Å². The van der Waals surface area contributed by atoms with E-state index in [1.807, 2.05) is 6.92 Å². The van der Waals surface area contributed by atoms with Gasteiger partial charge in [0.25, 0.3) is 0 Å². The molecule has 0 aliphatic carbocycles. The van der Waals surface area contributed by atoms with Gasteiger partial charge in [0.2, 0.25) is 5.91 Å². The van der Waals surface area contributed by atoms with Gasteiger partial charge in [-0.1, -0.05) is 13.3 Å². The van der Waals surface area contributed by atoms with Crippen molar-refractivity contribution in [2.45, 2.75) is 38.3 Å². The Morgan fingerprint density at radius 1 is 1.60 bits per heavy atom. The first-order valence-corrected chi connectivity index (χ1v) is 5.28. The van der Waals surface area contributed by atoms with Gasteiger partial charge in [0.05, 0.1) is 19.3 Å². The molecule has 0 heterocycles. The van der Waals surface area contributed by atoms with Crippen molar-refractivity contribution < 1.29 is 14.6 Å². The van der Waals surface area contributed by atoms with Gasteiger partial charge in [0, 0.05) is 19.6 Å². The second kappa shape index (κ2) is 8.64. The number of methoxy groups -OCH3 is 1. The standard InChI is InChI=1S/C10H22N2O3/c1-3-4-8(11)5-10(14)12-9(6-13)7-15-2/h8-9,13H,3-7,11H2,1-2H3,(H,12,14). The molecule has 0 aromatic rings. The van der Waals surface area contributed by atoms with Gasteiger partial charge in [0.1, 0.15) is 0 Å². The Morgan fingerprint density at radius 2 is 2.27 bits per heavy atom. The highest BCUT2D eigenvalue weighted by molar-refractivity contribution is 5.76. The molecule has 0 aliphatic heterocycles. The monoisotopic (exact) mass is 218 g/mol. The van der Waals surface area contributed by atoms with Crippen LogP contribution in [0.25, 0.3) is 0 Å². The molecule has 2 unspecified atom stereocenters. The molecule has 0 radical (unpaired) electrons. The van der Waals surface area contributed by atoms with E-state index in [0.29, 0.717) is 13.0 Å². The van der Waals surface area contributed by atoms with Crippen molar-refractivity contribution in [3.63, 3.8) is 0 Å². The molecule has 0 aromatic heterocycles. The summed E-state index contributed by atoms with van der Waals surface area (Å²) in [5, 5.41) is 11.6. The van der Waals surface area contributed by atoms with E-state index in [2.05, 4.69) is 5.32 Å². The Bertz CT molecular complexity index is 176. The number of aliphatic hydroxyl groups is 1. The molecule has 15 heavy (non-hydrogen) atoms. The van der Waals surface area contributed by atoms with Crippen LogP contribution < -0.4 is 11.1 Å². The number of amides is 1. The Balaban J connectivity index is 3.79. The zero-order chi connectivity index (χ0) is 11.7. The third kappa shape index (κ3) is 7.30. The summed E-state index contributed by atoms with van der Waals surface area (Å²) in [6.07, 6.45) is 2.10. The van der Waals surface area contributed by atoms with Crippen LogP contribution in [0.3, 0.4) is 0 Å². The summed E-state index contributed by atoms with van der Waals surface area (Å²) in [6, 6.07) is -0.437. The van der Waals surface area contributed by atoms with Crippen LogP contribution in [-0.4, -0.2) is 43.4 Å². The topological polar surface area (TPSA) is 84.6 Å². The molecule has 5 heteroatoms. The van der Waals surface area contributed by atoms with E-state index in [9.17, 15) is 4.79 Å². The summed E-state index contributed by atoms with van der Waals surface area (Å²) in [5.41, 5.74) is 5.72. The number of nitrogens with two attached hydrogens (primary N) is 1. The van der Waals surface area contributed by atoms with Gasteiger partial charge in [-0.25, -0.2) is 0 Å². The molecule has 0 saturated carbocycles. The molecule has 0 aliphatic rings. The second-order valence-corrected chi connectivity index (χ2v) is 3.66. The van der Waals surface area contributed by atoms with E-state index in [1.54, 1.807) is 0 Å². The van der Waals surface area contributed by atoms with Crippen molar-refractivity contribution in [1.82, 2.24) is 5.32 Å². The highest BCUT2D eigenvalue weighted by Gasteiger charge is 2.13. The number of rotatable bonds is 8. The maximum absolute atomic E-state index is 11.4. The fraction of sp³-hybridized carbons (Fsp3) is 0.900. The molecule has 90 valence electrons. The Morgan fingerprint density at radius 3 is 2.73 bits per heavy atom. The average Bonchev–Trinajstić information content (AvgIpc) is 2.17. The summed E-state index contributed by atoms with van der Waals surface area (Å²) in [6.45, 7) is 2.22. The van der Waals surface area contributed by atoms with Crippen LogP contribution in [0.4, 0.5) is 0 Å². The zero-order valence-corrected chi connectivity index (χ0v) is 9.53. The predicted molar refractivity (Wildman–Crippen MR) is 58.4 cm³/mol. The maximum atomic E-state index is 11.4. The molecule has 4 N–H and O–H groups in total. The predicted octanol–water partition coefficient (Wildman–Crippen LogP) is -0.373. The first-order chi connectivity index (χ1) is 7.13. The minimum atomic E-state index is -0.337. The Hall–Kier alpha value is -0.650. The van der Waals surface area contributed by atoms with E-state index in [4.69, 9.17) is 15.6 Å². The molecule has 0 saturated heterocycles. The maximum Gasteiger partial charge on any atom is 0.221 e. The number of aliphatic hydroxyl groups excluding tert-OH is 1. The zero-order valence-electron chi connectivity index (χ0n) is 9.53. The highest BCUT2D eigenvalue weighted by atomic mass is 16.5. The van der Waals surface area contributed by atoms with Crippen molar-refractivity contribution >= 4 is 5.91 Å². The van der Waals surface area contributed by atoms with Crippen LogP contribution in [-0.2, 0) is 9.53 Å². The van der Waals surface area contributed by atoms with Crippen molar-refractivity contribution in [2.24, 2.45) is 5.73 Å². The van der Waals surface area contributed by atoms with Crippen LogP contribution in [0.1, 0.15) is 26.2 Å². The quantitative estimate of drug-likeness (QED) is 0.519. The minimum Gasteiger partial charge on any atom is -0.394 e. The van der Waals surface area contributed by atoms with Crippen LogP contribution in [0.5, 0.6) is 0 Å². The van der Waals surface area contributed by atoms with Gasteiger partial charge < -0.3 is 20.9 Å². The molecular formula is C10H22N2O3. The lowest BCUT2D eigenvalue weighted by Gasteiger charge is -2.16. The van der Waals surface area contributed by atoms with E-state index in [-0.39, 0.29) is 24.6 Å². The lowest BCUT2D eigenvalue weighted by atomic mass is 10.1. The molecule has 0 aromatic carbocycles. The summed E-state index contributed by atoms with van der Waals surface area (Å²) in [7, 11) is 1.53. The third-order valence-corrected chi connectivity index (χ3v) is 2.06. The van der Waals surface area contributed by atoms with Gasteiger partial charge >= 0.3 is 0 Å². The number of nitrogens with one attached hydrogen (secondary N) is 1. The largest absolute Gasteiger partial charge is 0.394 e. The molecular weight excluding hydrogens is 196 g/mol. The Labute approximate surface area is 91.0 Å². The summed E-state index contributed by atoms with van der Waals surface area (Å²) in [4.78, 5) is 11.4. The molecule has 0 rings (SSSR count). The lowest BCUT2D eigenvalue weighted by molar-refractivity contribution is -0.122.